The monoisotopic (exact) mass is 282 g/mol. The molecule has 5 nitrogen and oxygen atoms in total. The summed E-state index contributed by atoms with van der Waals surface area (Å²) >= 11 is 0. The van der Waals surface area contributed by atoms with Gasteiger partial charge in [0.05, 0.1) is 0 Å². The molecule has 1 aliphatic heterocycles. The topological polar surface area (TPSA) is 57.7 Å². The highest BCUT2D eigenvalue weighted by atomic mass is 32.2. The summed E-state index contributed by atoms with van der Waals surface area (Å²) in [5.41, 5.74) is 0.445. The van der Waals surface area contributed by atoms with Gasteiger partial charge in [-0.2, -0.15) is 4.31 Å². The SMILES string of the molecule is CN1CCN(S(=O)(=O)CC(=O)c2ccccc2)CC1. The molecule has 0 spiro atoms. The molecule has 0 bridgehead atoms. The normalized spacial score (nSPS) is 18.4. The number of ketones is 1. The van der Waals surface area contributed by atoms with Crippen LogP contribution in [0.5, 0.6) is 0 Å². The van der Waals surface area contributed by atoms with E-state index in [0.29, 0.717) is 31.7 Å². The van der Waals surface area contributed by atoms with Gasteiger partial charge in [-0.25, -0.2) is 8.42 Å². The predicted molar refractivity (Wildman–Crippen MR) is 73.6 cm³/mol. The Balaban J connectivity index is 2.03. The minimum Gasteiger partial charge on any atom is -0.304 e. The molecule has 19 heavy (non-hydrogen) atoms. The third-order valence-corrected chi connectivity index (χ3v) is 5.04. The molecule has 0 aromatic heterocycles. The summed E-state index contributed by atoms with van der Waals surface area (Å²) in [5, 5.41) is 0. The van der Waals surface area contributed by atoms with Crippen LogP contribution in [0.25, 0.3) is 0 Å². The van der Waals surface area contributed by atoms with Gasteiger partial charge in [-0.3, -0.25) is 4.79 Å². The van der Waals surface area contributed by atoms with Crippen molar-refractivity contribution in [3.8, 4) is 0 Å². The van der Waals surface area contributed by atoms with E-state index in [2.05, 4.69) is 4.90 Å². The number of piperazine rings is 1. The Labute approximate surface area is 113 Å². The van der Waals surface area contributed by atoms with E-state index < -0.39 is 15.8 Å². The van der Waals surface area contributed by atoms with E-state index in [1.807, 2.05) is 7.05 Å². The van der Waals surface area contributed by atoms with Crippen LogP contribution in [0.2, 0.25) is 0 Å². The van der Waals surface area contributed by atoms with E-state index in [-0.39, 0.29) is 5.78 Å². The molecule has 0 N–H and O–H groups in total. The number of rotatable bonds is 4. The highest BCUT2D eigenvalue weighted by Crippen LogP contribution is 2.09. The maximum atomic E-state index is 12.2. The van der Waals surface area contributed by atoms with E-state index >= 15 is 0 Å². The molecule has 1 saturated heterocycles. The van der Waals surface area contributed by atoms with Crippen LogP contribution in [0, 0.1) is 0 Å². The van der Waals surface area contributed by atoms with E-state index in [9.17, 15) is 13.2 Å². The first-order chi connectivity index (χ1) is 8.99. The van der Waals surface area contributed by atoms with Crippen LogP contribution in [0.3, 0.4) is 0 Å². The summed E-state index contributed by atoms with van der Waals surface area (Å²) in [6.07, 6.45) is 0. The average Bonchev–Trinajstić information content (AvgIpc) is 2.40. The lowest BCUT2D eigenvalue weighted by molar-refractivity contribution is 0.101. The molecule has 1 heterocycles. The largest absolute Gasteiger partial charge is 0.304 e. The molecule has 0 aliphatic carbocycles. The van der Waals surface area contributed by atoms with Crippen LogP contribution in [0.1, 0.15) is 10.4 Å². The smallest absolute Gasteiger partial charge is 0.221 e. The van der Waals surface area contributed by atoms with Crippen molar-refractivity contribution < 1.29 is 13.2 Å². The fourth-order valence-corrected chi connectivity index (χ4v) is 3.43. The molecule has 1 fully saturated rings. The first-order valence-electron chi connectivity index (χ1n) is 6.24. The van der Waals surface area contributed by atoms with E-state index in [1.54, 1.807) is 30.3 Å². The number of hydrogen-bond donors (Lipinski definition) is 0. The molecule has 0 unspecified atom stereocenters. The minimum absolute atomic E-state index is 0.348. The second-order valence-electron chi connectivity index (χ2n) is 4.75. The Hall–Kier alpha value is -1.24. The maximum absolute atomic E-state index is 12.2. The highest BCUT2D eigenvalue weighted by molar-refractivity contribution is 7.89. The predicted octanol–water partition coefficient (Wildman–Crippen LogP) is 0.446. The summed E-state index contributed by atoms with van der Waals surface area (Å²) in [5.74, 6) is -0.791. The van der Waals surface area contributed by atoms with Crippen LogP contribution in [-0.4, -0.2) is 62.4 Å². The number of benzene rings is 1. The number of carbonyl (C=O) groups excluding carboxylic acids is 1. The van der Waals surface area contributed by atoms with Gasteiger partial charge in [0, 0.05) is 31.7 Å². The molecular formula is C13H18N2O3S. The molecule has 104 valence electrons. The quantitative estimate of drug-likeness (QED) is 0.752. The van der Waals surface area contributed by atoms with Gasteiger partial charge in [-0.1, -0.05) is 30.3 Å². The summed E-state index contributed by atoms with van der Waals surface area (Å²) in [6, 6.07) is 8.54. The van der Waals surface area contributed by atoms with Crippen molar-refractivity contribution in [2.45, 2.75) is 0 Å². The van der Waals surface area contributed by atoms with Crippen LogP contribution in [-0.2, 0) is 10.0 Å². The zero-order valence-corrected chi connectivity index (χ0v) is 11.8. The van der Waals surface area contributed by atoms with Crippen molar-refractivity contribution >= 4 is 15.8 Å². The Morgan fingerprint density at radius 3 is 2.26 bits per heavy atom. The molecule has 2 rings (SSSR count). The van der Waals surface area contributed by atoms with E-state index in [0.717, 1.165) is 0 Å². The van der Waals surface area contributed by atoms with E-state index in [1.165, 1.54) is 4.31 Å². The molecule has 1 aliphatic rings. The number of carbonyl (C=O) groups is 1. The van der Waals surface area contributed by atoms with Gasteiger partial charge in [-0.05, 0) is 7.05 Å². The van der Waals surface area contributed by atoms with Crippen molar-refractivity contribution in [1.29, 1.82) is 0 Å². The standard InChI is InChI=1S/C13H18N2O3S/c1-14-7-9-15(10-8-14)19(17,18)11-13(16)12-5-3-2-4-6-12/h2-6H,7-11H2,1H3. The molecule has 6 heteroatoms. The van der Waals surface area contributed by atoms with Gasteiger partial charge in [0.1, 0.15) is 5.75 Å². The molecule has 0 atom stereocenters. The second kappa shape index (κ2) is 5.81. The Bertz CT molecular complexity index is 534. The van der Waals surface area contributed by atoms with Crippen molar-refractivity contribution in [3.05, 3.63) is 35.9 Å². The van der Waals surface area contributed by atoms with Crippen LogP contribution in [0.15, 0.2) is 30.3 Å². The Morgan fingerprint density at radius 1 is 1.11 bits per heavy atom. The number of hydrogen-bond acceptors (Lipinski definition) is 4. The lowest BCUT2D eigenvalue weighted by Gasteiger charge is -2.31. The summed E-state index contributed by atoms with van der Waals surface area (Å²) in [4.78, 5) is 14.0. The summed E-state index contributed by atoms with van der Waals surface area (Å²) in [7, 11) is -1.54. The minimum atomic E-state index is -3.50. The Kier molecular flexibility index (Phi) is 4.34. The average molecular weight is 282 g/mol. The molecule has 0 saturated carbocycles. The number of nitrogens with zero attached hydrogens (tertiary/aromatic N) is 2. The molecular weight excluding hydrogens is 264 g/mol. The van der Waals surface area contributed by atoms with Gasteiger partial charge in [0.15, 0.2) is 5.78 Å². The van der Waals surface area contributed by atoms with Crippen LogP contribution < -0.4 is 0 Å². The number of likely N-dealkylation sites (N-methyl/N-ethyl adjacent to an activating group) is 1. The molecule has 1 aromatic carbocycles. The first-order valence-corrected chi connectivity index (χ1v) is 7.84. The second-order valence-corrected chi connectivity index (χ2v) is 6.72. The van der Waals surface area contributed by atoms with Gasteiger partial charge in [-0.15, -0.1) is 0 Å². The van der Waals surface area contributed by atoms with Crippen molar-refractivity contribution in [2.75, 3.05) is 39.0 Å². The van der Waals surface area contributed by atoms with Gasteiger partial charge in [0.25, 0.3) is 0 Å². The van der Waals surface area contributed by atoms with E-state index in [4.69, 9.17) is 0 Å². The van der Waals surface area contributed by atoms with Gasteiger partial charge < -0.3 is 4.90 Å². The van der Waals surface area contributed by atoms with Crippen molar-refractivity contribution in [2.24, 2.45) is 0 Å². The highest BCUT2D eigenvalue weighted by Gasteiger charge is 2.28. The van der Waals surface area contributed by atoms with Gasteiger partial charge in [0.2, 0.25) is 10.0 Å². The fraction of sp³-hybridized carbons (Fsp3) is 0.462. The summed E-state index contributed by atoms with van der Waals surface area (Å²) in [6.45, 7) is 2.33. The van der Waals surface area contributed by atoms with Crippen LogP contribution >= 0.6 is 0 Å². The molecule has 1 aromatic rings. The van der Waals surface area contributed by atoms with Crippen LogP contribution in [0.4, 0.5) is 0 Å². The lowest BCUT2D eigenvalue weighted by atomic mass is 10.2. The van der Waals surface area contributed by atoms with Crippen molar-refractivity contribution in [1.82, 2.24) is 9.21 Å². The first kappa shape index (κ1) is 14.2. The fourth-order valence-electron chi connectivity index (χ4n) is 2.03. The number of Topliss-reactive ketones (excluding diaryl/α,β-unsaturated/α-hetero) is 1. The third kappa shape index (κ3) is 3.62. The Morgan fingerprint density at radius 2 is 1.68 bits per heavy atom. The zero-order chi connectivity index (χ0) is 13.9. The summed E-state index contributed by atoms with van der Waals surface area (Å²) < 4.78 is 25.7. The molecule has 0 radical (unpaired) electrons. The molecule has 0 amide bonds. The van der Waals surface area contributed by atoms with Gasteiger partial charge >= 0.3 is 0 Å². The number of sulfonamides is 1. The lowest BCUT2D eigenvalue weighted by Crippen LogP contribution is -2.48. The zero-order valence-electron chi connectivity index (χ0n) is 10.9. The maximum Gasteiger partial charge on any atom is 0.221 e. The van der Waals surface area contributed by atoms with Crippen molar-refractivity contribution in [3.63, 3.8) is 0 Å². The third-order valence-electron chi connectivity index (χ3n) is 3.26.